The summed E-state index contributed by atoms with van der Waals surface area (Å²) < 4.78 is 0. The Morgan fingerprint density at radius 2 is 2.13 bits per heavy atom. The van der Waals surface area contributed by atoms with Gasteiger partial charge in [-0.1, -0.05) is 6.07 Å². The quantitative estimate of drug-likeness (QED) is 0.615. The Morgan fingerprint density at radius 3 is 2.74 bits per heavy atom. The number of amides is 2. The minimum absolute atomic E-state index is 0.0390. The number of carbonyl (C=O) groups excluding carboxylic acids is 3. The van der Waals surface area contributed by atoms with Crippen LogP contribution in [-0.2, 0) is 9.59 Å². The predicted octanol–water partition coefficient (Wildman–Crippen LogP) is 0.938. The van der Waals surface area contributed by atoms with E-state index in [4.69, 9.17) is 5.73 Å². The number of hydrogen-bond donors (Lipinski definition) is 2. The van der Waals surface area contributed by atoms with Crippen LogP contribution in [0.5, 0.6) is 0 Å². The molecule has 2 amide bonds. The van der Waals surface area contributed by atoms with Gasteiger partial charge < -0.3 is 11.1 Å². The van der Waals surface area contributed by atoms with Crippen LogP contribution < -0.4 is 11.1 Å². The molecule has 2 rings (SSSR count). The number of hydrogen-bond acceptors (Lipinski definition) is 5. The Morgan fingerprint density at radius 1 is 1.39 bits per heavy atom. The van der Waals surface area contributed by atoms with Crippen molar-refractivity contribution in [1.29, 1.82) is 0 Å². The van der Waals surface area contributed by atoms with Crippen molar-refractivity contribution in [3.05, 3.63) is 39.9 Å². The fourth-order valence-electron chi connectivity index (χ4n) is 2.75. The van der Waals surface area contributed by atoms with Gasteiger partial charge in [0, 0.05) is 30.5 Å². The van der Waals surface area contributed by atoms with E-state index in [-0.39, 0.29) is 29.4 Å². The maximum absolute atomic E-state index is 12.2. The molecule has 2 atom stereocenters. The average molecular weight is 319 g/mol. The van der Waals surface area contributed by atoms with E-state index >= 15 is 0 Å². The van der Waals surface area contributed by atoms with Crippen molar-refractivity contribution < 1.29 is 19.3 Å². The molecule has 1 aliphatic rings. The second-order valence-corrected chi connectivity index (χ2v) is 5.56. The number of primary amides is 1. The van der Waals surface area contributed by atoms with Gasteiger partial charge in [-0.3, -0.25) is 24.5 Å². The number of carbonyl (C=O) groups is 3. The van der Waals surface area contributed by atoms with Crippen molar-refractivity contribution in [3.63, 3.8) is 0 Å². The van der Waals surface area contributed by atoms with E-state index in [1.54, 1.807) is 0 Å². The highest BCUT2D eigenvalue weighted by Crippen LogP contribution is 2.24. The summed E-state index contributed by atoms with van der Waals surface area (Å²) in [6.07, 6.45) is 1.94. The van der Waals surface area contributed by atoms with Crippen LogP contribution in [0.4, 0.5) is 5.69 Å². The number of ketones is 1. The number of Topliss-reactive ketones (excluding diaryl/α,β-unsaturated/α-hetero) is 1. The Hall–Kier alpha value is -2.77. The van der Waals surface area contributed by atoms with Gasteiger partial charge in [-0.05, 0) is 24.8 Å². The summed E-state index contributed by atoms with van der Waals surface area (Å²) in [6, 6.07) is 4.22. The maximum Gasteiger partial charge on any atom is 0.270 e. The van der Waals surface area contributed by atoms with E-state index in [1.165, 1.54) is 18.2 Å². The van der Waals surface area contributed by atoms with Gasteiger partial charge in [0.1, 0.15) is 11.8 Å². The molecule has 8 nitrogen and oxygen atoms in total. The van der Waals surface area contributed by atoms with Crippen LogP contribution in [0.2, 0.25) is 0 Å². The Bertz CT molecular complexity index is 658. The molecule has 3 N–H and O–H groups in total. The number of benzene rings is 1. The van der Waals surface area contributed by atoms with E-state index in [2.05, 4.69) is 5.32 Å². The summed E-state index contributed by atoms with van der Waals surface area (Å²) in [4.78, 5) is 45.5. The largest absolute Gasteiger partial charge is 0.368 e. The van der Waals surface area contributed by atoms with E-state index in [9.17, 15) is 24.5 Å². The maximum atomic E-state index is 12.2. The second kappa shape index (κ2) is 6.99. The molecule has 0 bridgehead atoms. The van der Waals surface area contributed by atoms with Crippen LogP contribution in [0.25, 0.3) is 0 Å². The Balaban J connectivity index is 2.15. The smallest absolute Gasteiger partial charge is 0.270 e. The topological polar surface area (TPSA) is 132 Å². The molecule has 0 heterocycles. The number of rotatable bonds is 5. The fraction of sp³-hybridized carbons (Fsp3) is 0.400. The number of nitrogens with zero attached hydrogens (tertiary/aromatic N) is 1. The van der Waals surface area contributed by atoms with E-state index in [0.717, 1.165) is 6.07 Å². The third kappa shape index (κ3) is 4.12. The van der Waals surface area contributed by atoms with Crippen LogP contribution in [0.1, 0.15) is 36.0 Å². The van der Waals surface area contributed by atoms with Crippen molar-refractivity contribution in [3.8, 4) is 0 Å². The lowest BCUT2D eigenvalue weighted by Gasteiger charge is -2.28. The van der Waals surface area contributed by atoms with Gasteiger partial charge in [0.15, 0.2) is 0 Å². The zero-order chi connectivity index (χ0) is 17.0. The average Bonchev–Trinajstić information content (AvgIpc) is 2.52. The van der Waals surface area contributed by atoms with E-state index in [1.807, 2.05) is 0 Å². The Kier molecular flexibility index (Phi) is 5.05. The van der Waals surface area contributed by atoms with Gasteiger partial charge in [-0.25, -0.2) is 0 Å². The number of nitrogens with two attached hydrogens (primary N) is 1. The number of non-ortho nitro benzene ring substituents is 1. The van der Waals surface area contributed by atoms with Gasteiger partial charge in [-0.2, -0.15) is 0 Å². The highest BCUT2D eigenvalue weighted by atomic mass is 16.6. The van der Waals surface area contributed by atoms with Crippen molar-refractivity contribution in [1.82, 2.24) is 5.32 Å². The standard InChI is InChI=1S/C15H17N3O5/c16-14(20)13(9-3-2-6-12(19)8-9)17-15(21)10-4-1-5-11(7-10)18(22)23/h1,4-5,7,9,13H,2-3,6,8H2,(H2,16,20)(H,17,21)/t9-,13+/m1/s1. The number of nitrogens with one attached hydrogen (secondary N) is 1. The minimum atomic E-state index is -0.967. The number of nitro groups is 1. The molecular weight excluding hydrogens is 302 g/mol. The highest BCUT2D eigenvalue weighted by Gasteiger charge is 2.32. The molecule has 0 aromatic heterocycles. The molecule has 0 spiro atoms. The summed E-state index contributed by atoms with van der Waals surface area (Å²) in [7, 11) is 0. The lowest BCUT2D eigenvalue weighted by Crippen LogP contribution is -2.50. The molecule has 0 aliphatic heterocycles. The molecule has 0 unspecified atom stereocenters. The third-order valence-corrected chi connectivity index (χ3v) is 3.90. The monoisotopic (exact) mass is 319 g/mol. The molecular formula is C15H17N3O5. The summed E-state index contributed by atoms with van der Waals surface area (Å²) >= 11 is 0. The first-order valence-corrected chi connectivity index (χ1v) is 7.25. The molecule has 8 heteroatoms. The number of nitro benzene ring substituents is 1. The Labute approximate surface area is 132 Å². The first-order valence-electron chi connectivity index (χ1n) is 7.25. The lowest BCUT2D eigenvalue weighted by molar-refractivity contribution is -0.384. The van der Waals surface area contributed by atoms with Gasteiger partial charge in [0.05, 0.1) is 4.92 Å². The summed E-state index contributed by atoms with van der Waals surface area (Å²) in [5, 5.41) is 13.3. The van der Waals surface area contributed by atoms with Crippen LogP contribution >= 0.6 is 0 Å². The first kappa shape index (κ1) is 16.6. The molecule has 23 heavy (non-hydrogen) atoms. The third-order valence-electron chi connectivity index (χ3n) is 3.90. The van der Waals surface area contributed by atoms with Crippen molar-refractivity contribution in [2.75, 3.05) is 0 Å². The normalized spacial score (nSPS) is 19.0. The summed E-state index contributed by atoms with van der Waals surface area (Å²) in [5.41, 5.74) is 5.19. The van der Waals surface area contributed by atoms with Gasteiger partial charge in [-0.15, -0.1) is 0 Å². The molecule has 1 fully saturated rings. The summed E-state index contributed by atoms with van der Waals surface area (Å²) in [5.74, 6) is -1.65. The highest BCUT2D eigenvalue weighted by molar-refractivity contribution is 5.98. The molecule has 1 aliphatic carbocycles. The second-order valence-electron chi connectivity index (χ2n) is 5.56. The van der Waals surface area contributed by atoms with Gasteiger partial charge >= 0.3 is 0 Å². The lowest BCUT2D eigenvalue weighted by atomic mass is 9.82. The predicted molar refractivity (Wildman–Crippen MR) is 80.5 cm³/mol. The van der Waals surface area contributed by atoms with E-state index in [0.29, 0.717) is 19.3 Å². The van der Waals surface area contributed by atoms with Crippen molar-refractivity contribution >= 4 is 23.3 Å². The first-order chi connectivity index (χ1) is 10.9. The van der Waals surface area contributed by atoms with Crippen LogP contribution in [0.15, 0.2) is 24.3 Å². The molecule has 1 aromatic carbocycles. The molecule has 1 aromatic rings. The molecule has 1 saturated carbocycles. The van der Waals surface area contributed by atoms with Crippen LogP contribution in [0, 0.1) is 16.0 Å². The zero-order valence-electron chi connectivity index (χ0n) is 12.4. The SMILES string of the molecule is NC(=O)[C@@H](NC(=O)c1cccc([N+](=O)[O-])c1)[C@@H]1CCCC(=O)C1. The fourth-order valence-corrected chi connectivity index (χ4v) is 2.75. The van der Waals surface area contributed by atoms with Crippen LogP contribution in [0.3, 0.4) is 0 Å². The minimum Gasteiger partial charge on any atom is -0.368 e. The van der Waals surface area contributed by atoms with Crippen molar-refractivity contribution in [2.24, 2.45) is 11.7 Å². The summed E-state index contributed by atoms with van der Waals surface area (Å²) in [6.45, 7) is 0. The van der Waals surface area contributed by atoms with Crippen LogP contribution in [-0.4, -0.2) is 28.6 Å². The van der Waals surface area contributed by atoms with Gasteiger partial charge in [0.25, 0.3) is 11.6 Å². The molecule has 0 saturated heterocycles. The molecule has 122 valence electrons. The van der Waals surface area contributed by atoms with Gasteiger partial charge in [0.2, 0.25) is 5.91 Å². The van der Waals surface area contributed by atoms with E-state index < -0.39 is 22.8 Å². The molecule has 0 radical (unpaired) electrons. The zero-order valence-corrected chi connectivity index (χ0v) is 12.4. The van der Waals surface area contributed by atoms with Crippen molar-refractivity contribution in [2.45, 2.75) is 31.7 Å².